The molecule has 0 saturated heterocycles. The molecule has 0 saturated carbocycles. The van der Waals surface area contributed by atoms with Crippen molar-refractivity contribution in [2.75, 3.05) is 31.8 Å². The Morgan fingerprint density at radius 1 is 1.04 bits per heavy atom. The van der Waals surface area contributed by atoms with Crippen molar-refractivity contribution in [1.29, 1.82) is 0 Å². The van der Waals surface area contributed by atoms with Crippen LogP contribution in [0, 0.1) is 0 Å². The first-order chi connectivity index (χ1) is 11.0. The lowest BCUT2D eigenvalue weighted by molar-refractivity contribution is 0.220. The lowest BCUT2D eigenvalue weighted by Gasteiger charge is -2.27. The van der Waals surface area contributed by atoms with Crippen LogP contribution in [0.3, 0.4) is 0 Å². The summed E-state index contributed by atoms with van der Waals surface area (Å²) in [5.74, 6) is 1.57. The highest BCUT2D eigenvalue weighted by atomic mass is 15.3. The van der Waals surface area contributed by atoms with E-state index in [-0.39, 0.29) is 5.95 Å². The van der Waals surface area contributed by atoms with E-state index in [0.29, 0.717) is 24.4 Å². The molecule has 124 valence electrons. The molecule has 0 aliphatic carbocycles. The van der Waals surface area contributed by atoms with E-state index >= 15 is 0 Å². The molecule has 23 heavy (non-hydrogen) atoms. The van der Waals surface area contributed by atoms with E-state index in [0.717, 1.165) is 12.8 Å². The Hall–Kier alpha value is -2.21. The molecule has 6 heteroatoms. The first-order valence-electron chi connectivity index (χ1n) is 7.91. The third kappa shape index (κ3) is 4.89. The lowest BCUT2D eigenvalue weighted by atomic mass is 10.0. The van der Waals surface area contributed by atoms with E-state index in [9.17, 15) is 0 Å². The van der Waals surface area contributed by atoms with Crippen LogP contribution < -0.4 is 10.6 Å². The minimum absolute atomic E-state index is 0.267. The van der Waals surface area contributed by atoms with Crippen molar-refractivity contribution in [3.05, 3.63) is 41.7 Å². The predicted octanol–water partition coefficient (Wildman–Crippen LogP) is 1.97. The molecule has 0 radical (unpaired) electrons. The maximum atomic E-state index is 5.80. The van der Waals surface area contributed by atoms with Gasteiger partial charge in [-0.3, -0.25) is 4.90 Å². The zero-order valence-electron chi connectivity index (χ0n) is 14.4. The highest BCUT2D eigenvalue weighted by Crippen LogP contribution is 2.14. The third-order valence-electron chi connectivity index (χ3n) is 3.89. The summed E-state index contributed by atoms with van der Waals surface area (Å²) in [6.07, 6.45) is 2.07. The predicted molar refractivity (Wildman–Crippen MR) is 94.3 cm³/mol. The molecule has 2 N–H and O–H groups in total. The number of aromatic nitrogens is 3. The molecule has 0 fully saturated rings. The van der Waals surface area contributed by atoms with Crippen LogP contribution in [0.2, 0.25) is 0 Å². The van der Waals surface area contributed by atoms with Crippen molar-refractivity contribution in [3.8, 4) is 0 Å². The van der Waals surface area contributed by atoms with Gasteiger partial charge in [0.1, 0.15) is 5.82 Å². The van der Waals surface area contributed by atoms with E-state index in [1.165, 1.54) is 5.56 Å². The maximum Gasteiger partial charge on any atom is 0.229 e. The van der Waals surface area contributed by atoms with Crippen molar-refractivity contribution < 1.29 is 0 Å². The van der Waals surface area contributed by atoms with Crippen LogP contribution in [-0.4, -0.2) is 47.0 Å². The summed E-state index contributed by atoms with van der Waals surface area (Å²) < 4.78 is 0. The largest absolute Gasteiger partial charge is 0.368 e. The SMILES string of the molecule is CC[C@@H](Cc1ccccc1)N(C)Cc1nc(N)nc(N(C)C)n1. The van der Waals surface area contributed by atoms with Gasteiger partial charge in [0, 0.05) is 20.1 Å². The number of hydrogen-bond donors (Lipinski definition) is 1. The van der Waals surface area contributed by atoms with Gasteiger partial charge in [-0.2, -0.15) is 15.0 Å². The Bertz CT molecular complexity index is 614. The smallest absolute Gasteiger partial charge is 0.229 e. The Morgan fingerprint density at radius 2 is 1.74 bits per heavy atom. The average molecular weight is 314 g/mol. The molecule has 0 aliphatic rings. The average Bonchev–Trinajstić information content (AvgIpc) is 2.52. The zero-order valence-corrected chi connectivity index (χ0v) is 14.4. The molecule has 1 aromatic carbocycles. The highest BCUT2D eigenvalue weighted by Gasteiger charge is 2.16. The van der Waals surface area contributed by atoms with E-state index in [2.05, 4.69) is 58.1 Å². The fourth-order valence-electron chi connectivity index (χ4n) is 2.55. The Morgan fingerprint density at radius 3 is 2.35 bits per heavy atom. The molecule has 0 aliphatic heterocycles. The second kappa shape index (κ2) is 7.87. The molecule has 6 nitrogen and oxygen atoms in total. The molecule has 0 bridgehead atoms. The normalized spacial score (nSPS) is 12.4. The Kier molecular flexibility index (Phi) is 5.87. The molecular formula is C17H26N6. The van der Waals surface area contributed by atoms with Crippen molar-refractivity contribution in [3.63, 3.8) is 0 Å². The highest BCUT2D eigenvalue weighted by molar-refractivity contribution is 5.32. The fraction of sp³-hybridized carbons (Fsp3) is 0.471. The fourth-order valence-corrected chi connectivity index (χ4v) is 2.55. The Balaban J connectivity index is 2.08. The number of hydrogen-bond acceptors (Lipinski definition) is 6. The van der Waals surface area contributed by atoms with Gasteiger partial charge < -0.3 is 10.6 Å². The van der Waals surface area contributed by atoms with Gasteiger partial charge in [-0.25, -0.2) is 0 Å². The summed E-state index contributed by atoms with van der Waals surface area (Å²) >= 11 is 0. The van der Waals surface area contributed by atoms with Crippen LogP contribution in [0.25, 0.3) is 0 Å². The van der Waals surface area contributed by atoms with Crippen LogP contribution in [0.5, 0.6) is 0 Å². The van der Waals surface area contributed by atoms with Gasteiger partial charge in [-0.15, -0.1) is 0 Å². The summed E-state index contributed by atoms with van der Waals surface area (Å²) in [5.41, 5.74) is 7.14. The minimum Gasteiger partial charge on any atom is -0.368 e. The number of nitrogens with zero attached hydrogens (tertiary/aromatic N) is 5. The molecule has 2 rings (SSSR count). The summed E-state index contributed by atoms with van der Waals surface area (Å²) in [4.78, 5) is 17.0. The topological polar surface area (TPSA) is 71.2 Å². The molecule has 1 heterocycles. The molecule has 2 aromatic rings. The van der Waals surface area contributed by atoms with E-state index in [4.69, 9.17) is 5.73 Å². The van der Waals surface area contributed by atoms with Gasteiger partial charge in [-0.1, -0.05) is 37.3 Å². The zero-order chi connectivity index (χ0) is 16.8. The molecule has 0 unspecified atom stereocenters. The second-order valence-electron chi connectivity index (χ2n) is 5.97. The first-order valence-corrected chi connectivity index (χ1v) is 7.91. The maximum absolute atomic E-state index is 5.80. The summed E-state index contributed by atoms with van der Waals surface area (Å²) in [7, 11) is 5.89. The van der Waals surface area contributed by atoms with Gasteiger partial charge in [0.05, 0.1) is 6.54 Å². The number of anilines is 2. The van der Waals surface area contributed by atoms with Crippen molar-refractivity contribution in [2.45, 2.75) is 32.4 Å². The molecule has 1 aromatic heterocycles. The van der Waals surface area contributed by atoms with Crippen molar-refractivity contribution in [2.24, 2.45) is 0 Å². The number of nitrogens with two attached hydrogens (primary N) is 1. The number of likely N-dealkylation sites (N-methyl/N-ethyl adjacent to an activating group) is 1. The second-order valence-corrected chi connectivity index (χ2v) is 5.97. The van der Waals surface area contributed by atoms with E-state index < -0.39 is 0 Å². The Labute approximate surface area is 138 Å². The van der Waals surface area contributed by atoms with Crippen LogP contribution in [0.15, 0.2) is 30.3 Å². The van der Waals surface area contributed by atoms with Crippen LogP contribution in [0.4, 0.5) is 11.9 Å². The summed E-state index contributed by atoms with van der Waals surface area (Å²) in [5, 5.41) is 0. The van der Waals surface area contributed by atoms with Gasteiger partial charge in [0.2, 0.25) is 11.9 Å². The van der Waals surface area contributed by atoms with Crippen LogP contribution >= 0.6 is 0 Å². The molecule has 0 spiro atoms. The standard InChI is InChI=1S/C17H26N6/c1-5-14(11-13-9-7-6-8-10-13)23(4)12-15-19-16(18)21-17(20-15)22(2)3/h6-10,14H,5,11-12H2,1-4H3,(H2,18,19,20,21)/t14-/m0/s1. The van der Waals surface area contributed by atoms with Crippen molar-refractivity contribution >= 4 is 11.9 Å². The molecule has 1 atom stereocenters. The summed E-state index contributed by atoms with van der Waals surface area (Å²) in [6.45, 7) is 2.86. The van der Waals surface area contributed by atoms with Crippen LogP contribution in [0.1, 0.15) is 24.7 Å². The van der Waals surface area contributed by atoms with Gasteiger partial charge in [-0.05, 0) is 25.5 Å². The van der Waals surface area contributed by atoms with Crippen molar-refractivity contribution in [1.82, 2.24) is 19.9 Å². The number of benzene rings is 1. The van der Waals surface area contributed by atoms with E-state index in [1.54, 1.807) is 0 Å². The third-order valence-corrected chi connectivity index (χ3v) is 3.89. The minimum atomic E-state index is 0.267. The lowest BCUT2D eigenvalue weighted by Crippen LogP contribution is -2.33. The van der Waals surface area contributed by atoms with Gasteiger partial charge in [0.25, 0.3) is 0 Å². The van der Waals surface area contributed by atoms with Crippen LogP contribution in [-0.2, 0) is 13.0 Å². The molecule has 0 amide bonds. The monoisotopic (exact) mass is 314 g/mol. The number of rotatable bonds is 7. The van der Waals surface area contributed by atoms with Gasteiger partial charge >= 0.3 is 0 Å². The number of nitrogen functional groups attached to an aromatic ring is 1. The van der Waals surface area contributed by atoms with E-state index in [1.807, 2.05) is 25.1 Å². The quantitative estimate of drug-likeness (QED) is 0.842. The summed E-state index contributed by atoms with van der Waals surface area (Å²) in [6, 6.07) is 11.0. The molecular weight excluding hydrogens is 288 g/mol. The first kappa shape index (κ1) is 17.1. The van der Waals surface area contributed by atoms with Gasteiger partial charge in [0.15, 0.2) is 0 Å².